The Morgan fingerprint density at radius 3 is 1.42 bits per heavy atom. The molecule has 0 aliphatic heterocycles. The number of carbonyl (C=O) groups excluding carboxylic acids is 1. The maximum atomic E-state index is 11.9. The van der Waals surface area contributed by atoms with Crippen molar-refractivity contribution in [2.45, 2.75) is 124 Å². The normalized spacial score (nSPS) is 15.7. The molecule has 0 saturated heterocycles. The van der Waals surface area contributed by atoms with Crippen LogP contribution in [0.3, 0.4) is 0 Å². The van der Waals surface area contributed by atoms with Crippen molar-refractivity contribution in [3.8, 4) is 0 Å². The third kappa shape index (κ3) is 16.2. The number of nitrogens with zero attached hydrogens (tertiary/aromatic N) is 1. The van der Waals surface area contributed by atoms with Crippen LogP contribution in [0.5, 0.6) is 0 Å². The van der Waals surface area contributed by atoms with Crippen LogP contribution in [-0.2, 0) is 14.4 Å². The standard InChI is InChI=1S/C31H57NO6/c1-5-9-10-11-12-13-14-15-16-17-18-19-20-21-22-32(23-26(6-2)29(33)34,24-27(7-3)30(35)36)25-28(8-4)31(37)38/h16-17,26-28H,5-15,18-25H2,1-4H3,(H2-,33,34,35,36,37,38)/b17-16+. The first-order valence-electron chi connectivity index (χ1n) is 15.3. The van der Waals surface area contributed by atoms with Gasteiger partial charge in [-0.2, -0.15) is 0 Å². The van der Waals surface area contributed by atoms with Gasteiger partial charge in [-0.25, -0.2) is 0 Å². The lowest BCUT2D eigenvalue weighted by Gasteiger charge is -2.44. The topological polar surface area (TPSA) is 115 Å². The number of rotatable bonds is 26. The molecule has 7 nitrogen and oxygen atoms in total. The Bertz CT molecular complexity index is 617. The predicted octanol–water partition coefficient (Wildman–Crippen LogP) is 6.06. The Morgan fingerprint density at radius 2 is 1.03 bits per heavy atom. The molecule has 0 aliphatic rings. The predicted molar refractivity (Wildman–Crippen MR) is 152 cm³/mol. The summed E-state index contributed by atoms with van der Waals surface area (Å²) in [6.45, 7) is 8.95. The fourth-order valence-corrected chi connectivity index (χ4v) is 5.38. The molecule has 2 N–H and O–H groups in total. The molecule has 0 rings (SSSR count). The summed E-state index contributed by atoms with van der Waals surface area (Å²) < 4.78 is 0.205. The molecule has 0 aromatic carbocycles. The first-order chi connectivity index (χ1) is 18.2. The average Bonchev–Trinajstić information content (AvgIpc) is 2.88. The van der Waals surface area contributed by atoms with E-state index in [0.717, 1.165) is 32.1 Å². The fourth-order valence-electron chi connectivity index (χ4n) is 5.38. The average molecular weight is 540 g/mol. The minimum Gasteiger partial charge on any atom is -0.550 e. The molecule has 222 valence electrons. The van der Waals surface area contributed by atoms with Crippen LogP contribution in [0.15, 0.2) is 12.2 Å². The highest BCUT2D eigenvalue weighted by Gasteiger charge is 2.39. The van der Waals surface area contributed by atoms with E-state index in [-0.39, 0.29) is 24.1 Å². The maximum absolute atomic E-state index is 11.9. The second-order valence-electron chi connectivity index (χ2n) is 11.2. The van der Waals surface area contributed by atoms with Gasteiger partial charge in [0.2, 0.25) is 0 Å². The van der Waals surface area contributed by atoms with Crippen LogP contribution in [0.1, 0.15) is 124 Å². The molecule has 0 aliphatic carbocycles. The quantitative estimate of drug-likeness (QED) is 0.0784. The van der Waals surface area contributed by atoms with Crippen LogP contribution in [0, 0.1) is 17.8 Å². The highest BCUT2D eigenvalue weighted by molar-refractivity contribution is 5.70. The molecule has 0 bridgehead atoms. The molecule has 3 unspecified atom stereocenters. The van der Waals surface area contributed by atoms with Gasteiger partial charge in [-0.3, -0.25) is 9.59 Å². The van der Waals surface area contributed by atoms with Crippen LogP contribution in [0.4, 0.5) is 0 Å². The molecule has 0 radical (unpaired) electrons. The second-order valence-corrected chi connectivity index (χ2v) is 11.2. The van der Waals surface area contributed by atoms with Crippen LogP contribution in [0.25, 0.3) is 0 Å². The summed E-state index contributed by atoms with van der Waals surface area (Å²) in [6.07, 6.45) is 19.8. The number of aliphatic carboxylic acids is 3. The highest BCUT2D eigenvalue weighted by atomic mass is 16.4. The second kappa shape index (κ2) is 22.0. The summed E-state index contributed by atoms with van der Waals surface area (Å²) in [4.78, 5) is 35.7. The Hall–Kier alpha value is -1.89. The lowest BCUT2D eigenvalue weighted by Crippen LogP contribution is -2.59. The number of allylic oxidation sites excluding steroid dienone is 2. The zero-order valence-corrected chi connectivity index (χ0v) is 24.8. The summed E-state index contributed by atoms with van der Waals surface area (Å²) in [7, 11) is 0. The molecule has 3 atom stereocenters. The zero-order chi connectivity index (χ0) is 28.8. The number of carboxylic acids is 3. The van der Waals surface area contributed by atoms with E-state index < -0.39 is 35.7 Å². The third-order valence-corrected chi connectivity index (χ3v) is 7.98. The van der Waals surface area contributed by atoms with Crippen molar-refractivity contribution in [3.63, 3.8) is 0 Å². The lowest BCUT2D eigenvalue weighted by molar-refractivity contribution is -0.935. The van der Waals surface area contributed by atoms with E-state index in [1.54, 1.807) is 6.92 Å². The van der Waals surface area contributed by atoms with E-state index in [1.807, 2.05) is 13.8 Å². The number of carboxylic acid groups (broad SMARTS) is 3. The summed E-state index contributed by atoms with van der Waals surface area (Å²) in [5.41, 5.74) is 0. The van der Waals surface area contributed by atoms with Gasteiger partial charge in [-0.1, -0.05) is 78.4 Å². The van der Waals surface area contributed by atoms with Crippen molar-refractivity contribution in [3.05, 3.63) is 12.2 Å². The number of hydrogen-bond donors (Lipinski definition) is 2. The molecule has 7 heteroatoms. The van der Waals surface area contributed by atoms with Crippen molar-refractivity contribution in [2.24, 2.45) is 17.8 Å². The number of hydrogen-bond acceptors (Lipinski definition) is 4. The van der Waals surface area contributed by atoms with E-state index in [9.17, 15) is 29.7 Å². The minimum absolute atomic E-state index is 0.205. The molecule has 0 aromatic heterocycles. The van der Waals surface area contributed by atoms with Crippen molar-refractivity contribution in [1.29, 1.82) is 0 Å². The Morgan fingerprint density at radius 1 is 0.632 bits per heavy atom. The van der Waals surface area contributed by atoms with Gasteiger partial charge >= 0.3 is 11.9 Å². The first-order valence-corrected chi connectivity index (χ1v) is 15.3. The lowest BCUT2D eigenvalue weighted by atomic mass is 9.95. The van der Waals surface area contributed by atoms with Crippen molar-refractivity contribution in [2.75, 3.05) is 26.2 Å². The van der Waals surface area contributed by atoms with Gasteiger partial charge in [0.25, 0.3) is 0 Å². The molecule has 0 saturated carbocycles. The largest absolute Gasteiger partial charge is 0.550 e. The SMILES string of the molecule is CCCCCCCCC/C=C/CCCCC[N+](CC(CC)C(=O)[O-])(CC(CC)C(=O)O)CC(CC)C(=O)O. The van der Waals surface area contributed by atoms with Crippen LogP contribution in [-0.4, -0.2) is 58.8 Å². The van der Waals surface area contributed by atoms with Gasteiger partial charge in [-0.05, 0) is 57.8 Å². The molecule has 0 spiro atoms. The third-order valence-electron chi connectivity index (χ3n) is 7.98. The smallest absolute Gasteiger partial charge is 0.312 e. The fraction of sp³-hybridized carbons (Fsp3) is 0.839. The monoisotopic (exact) mass is 539 g/mol. The van der Waals surface area contributed by atoms with Crippen LogP contribution >= 0.6 is 0 Å². The van der Waals surface area contributed by atoms with Gasteiger partial charge in [0.05, 0.1) is 32.1 Å². The van der Waals surface area contributed by atoms with E-state index in [4.69, 9.17) is 0 Å². The molecule has 0 amide bonds. The number of unbranched alkanes of at least 4 members (excludes halogenated alkanes) is 10. The zero-order valence-electron chi connectivity index (χ0n) is 24.8. The van der Waals surface area contributed by atoms with E-state index >= 15 is 0 Å². The first kappa shape index (κ1) is 36.1. The molecular weight excluding hydrogens is 482 g/mol. The highest BCUT2D eigenvalue weighted by Crippen LogP contribution is 2.25. The molecule has 38 heavy (non-hydrogen) atoms. The minimum atomic E-state index is -1.15. The van der Waals surface area contributed by atoms with Gasteiger partial charge in [0, 0.05) is 5.92 Å². The molecule has 0 aromatic rings. The van der Waals surface area contributed by atoms with Gasteiger partial charge < -0.3 is 24.6 Å². The van der Waals surface area contributed by atoms with Crippen molar-refractivity contribution in [1.82, 2.24) is 0 Å². The molecular formula is C31H57NO6. The van der Waals surface area contributed by atoms with Crippen molar-refractivity contribution >= 4 is 17.9 Å². The van der Waals surface area contributed by atoms with E-state index in [2.05, 4.69) is 19.1 Å². The van der Waals surface area contributed by atoms with Crippen LogP contribution < -0.4 is 5.11 Å². The van der Waals surface area contributed by atoms with Crippen LogP contribution in [0.2, 0.25) is 0 Å². The summed E-state index contributed by atoms with van der Waals surface area (Å²) in [5, 5.41) is 31.4. The number of carbonyl (C=O) groups is 3. The Labute approximate surface area is 232 Å². The number of quaternary nitrogens is 1. The Balaban J connectivity index is 5.10. The Kier molecular flexibility index (Phi) is 20.9. The maximum Gasteiger partial charge on any atom is 0.312 e. The van der Waals surface area contributed by atoms with E-state index in [1.165, 1.54) is 44.9 Å². The van der Waals surface area contributed by atoms with Gasteiger partial charge in [0.15, 0.2) is 0 Å². The van der Waals surface area contributed by atoms with Crippen molar-refractivity contribution < 1.29 is 34.2 Å². The van der Waals surface area contributed by atoms with Gasteiger partial charge in [0.1, 0.15) is 11.8 Å². The summed E-state index contributed by atoms with van der Waals surface area (Å²) >= 11 is 0. The molecule has 0 fully saturated rings. The summed E-state index contributed by atoms with van der Waals surface area (Å²) in [5.74, 6) is -4.99. The summed E-state index contributed by atoms with van der Waals surface area (Å²) in [6, 6.07) is 0. The van der Waals surface area contributed by atoms with E-state index in [0.29, 0.717) is 25.8 Å². The van der Waals surface area contributed by atoms with Gasteiger partial charge in [-0.15, -0.1) is 0 Å². The molecule has 0 heterocycles.